The molecule has 0 saturated heterocycles. The molecule has 0 saturated carbocycles. The summed E-state index contributed by atoms with van der Waals surface area (Å²) in [6.45, 7) is 0. The van der Waals surface area contributed by atoms with Gasteiger partial charge in [-0.25, -0.2) is 9.29 Å². The molecule has 3 aromatic carbocycles. The van der Waals surface area contributed by atoms with E-state index in [1.807, 2.05) is 19.0 Å². The predicted octanol–water partition coefficient (Wildman–Crippen LogP) is 5.31. The quantitative estimate of drug-likeness (QED) is 0.407. The first-order valence-electron chi connectivity index (χ1n) is 10.2. The maximum Gasteiger partial charge on any atom is 0.416 e. The molecule has 1 aliphatic rings. The molecule has 9 heteroatoms. The average Bonchev–Trinajstić information content (AvgIpc) is 3.03. The maximum absolute atomic E-state index is 13.5. The maximum atomic E-state index is 13.5. The molecule has 0 unspecified atom stereocenters. The molecule has 0 aromatic heterocycles. The van der Waals surface area contributed by atoms with Gasteiger partial charge in [-0.3, -0.25) is 9.59 Å². The number of anilines is 3. The van der Waals surface area contributed by atoms with Crippen molar-refractivity contribution in [3.8, 4) is 0 Å². The SMILES string of the molecule is CN(C)c1ccc(N2C(=O)C(Nc3cccc(C(F)(F)F)c3)=C(c3ccc(F)cc3)C2=O)cc1. The highest BCUT2D eigenvalue weighted by Gasteiger charge is 2.40. The number of imide groups is 1. The number of hydrogen-bond acceptors (Lipinski definition) is 4. The molecule has 1 aliphatic heterocycles. The van der Waals surface area contributed by atoms with Gasteiger partial charge < -0.3 is 10.2 Å². The summed E-state index contributed by atoms with van der Waals surface area (Å²) in [4.78, 5) is 29.5. The van der Waals surface area contributed by atoms with Crippen molar-refractivity contribution in [2.75, 3.05) is 29.2 Å². The highest BCUT2D eigenvalue weighted by Crippen LogP contribution is 2.36. The van der Waals surface area contributed by atoms with Gasteiger partial charge in [0.25, 0.3) is 11.8 Å². The summed E-state index contributed by atoms with van der Waals surface area (Å²) in [5.41, 5.74) is 0.191. The van der Waals surface area contributed by atoms with Gasteiger partial charge in [-0.2, -0.15) is 13.2 Å². The number of amides is 2. The molecule has 1 heterocycles. The smallest absolute Gasteiger partial charge is 0.378 e. The van der Waals surface area contributed by atoms with E-state index in [9.17, 15) is 27.2 Å². The third kappa shape index (κ3) is 4.36. The van der Waals surface area contributed by atoms with E-state index >= 15 is 0 Å². The lowest BCUT2D eigenvalue weighted by molar-refractivity contribution is -0.137. The van der Waals surface area contributed by atoms with Gasteiger partial charge in [-0.1, -0.05) is 18.2 Å². The molecule has 34 heavy (non-hydrogen) atoms. The number of carbonyl (C=O) groups excluding carboxylic acids is 2. The van der Waals surface area contributed by atoms with Gasteiger partial charge in [0.2, 0.25) is 0 Å². The third-order valence-electron chi connectivity index (χ3n) is 5.30. The van der Waals surface area contributed by atoms with Crippen LogP contribution >= 0.6 is 0 Å². The number of halogens is 4. The number of nitrogens with one attached hydrogen (secondary N) is 1. The second-order valence-electron chi connectivity index (χ2n) is 7.82. The molecule has 0 spiro atoms. The topological polar surface area (TPSA) is 52.6 Å². The highest BCUT2D eigenvalue weighted by atomic mass is 19.4. The predicted molar refractivity (Wildman–Crippen MR) is 122 cm³/mol. The van der Waals surface area contributed by atoms with Gasteiger partial charge >= 0.3 is 6.18 Å². The van der Waals surface area contributed by atoms with Crippen molar-refractivity contribution in [1.29, 1.82) is 0 Å². The van der Waals surface area contributed by atoms with Crippen LogP contribution in [0, 0.1) is 5.82 Å². The Hall–Kier alpha value is -4.14. The molecule has 174 valence electrons. The fourth-order valence-corrected chi connectivity index (χ4v) is 3.58. The summed E-state index contributed by atoms with van der Waals surface area (Å²) < 4.78 is 53.0. The molecule has 5 nitrogen and oxygen atoms in total. The van der Waals surface area contributed by atoms with E-state index in [0.29, 0.717) is 5.69 Å². The van der Waals surface area contributed by atoms with Crippen LogP contribution in [0.1, 0.15) is 11.1 Å². The molecular formula is C25H19F4N3O2. The largest absolute Gasteiger partial charge is 0.416 e. The van der Waals surface area contributed by atoms with Crippen molar-refractivity contribution in [3.63, 3.8) is 0 Å². The standard InChI is InChI=1S/C25H19F4N3O2/c1-31(2)19-10-12-20(13-11-19)32-23(33)21(15-6-8-17(26)9-7-15)22(24(32)34)30-18-5-3-4-16(14-18)25(27,28)29/h3-14,30H,1-2H3. The minimum absolute atomic E-state index is 0.0182. The summed E-state index contributed by atoms with van der Waals surface area (Å²) in [6.07, 6.45) is -4.58. The van der Waals surface area contributed by atoms with Gasteiger partial charge in [0, 0.05) is 25.5 Å². The van der Waals surface area contributed by atoms with E-state index < -0.39 is 29.4 Å². The fraction of sp³-hybridized carbons (Fsp3) is 0.120. The first-order valence-corrected chi connectivity index (χ1v) is 10.2. The zero-order chi connectivity index (χ0) is 24.6. The first kappa shape index (κ1) is 23.0. The third-order valence-corrected chi connectivity index (χ3v) is 5.30. The molecule has 2 amide bonds. The molecule has 0 aliphatic carbocycles. The van der Waals surface area contributed by atoms with Crippen molar-refractivity contribution < 1.29 is 27.2 Å². The number of carbonyl (C=O) groups is 2. The molecule has 0 atom stereocenters. The number of rotatable bonds is 5. The summed E-state index contributed by atoms with van der Waals surface area (Å²) in [6, 6.07) is 15.9. The van der Waals surface area contributed by atoms with Crippen LogP contribution in [0.2, 0.25) is 0 Å². The zero-order valence-corrected chi connectivity index (χ0v) is 18.2. The van der Waals surface area contributed by atoms with Crippen LogP contribution in [0.25, 0.3) is 5.57 Å². The van der Waals surface area contributed by atoms with Gasteiger partial charge in [0.15, 0.2) is 0 Å². The minimum atomic E-state index is -4.58. The van der Waals surface area contributed by atoms with Crippen molar-refractivity contribution in [2.45, 2.75) is 6.18 Å². The highest BCUT2D eigenvalue weighted by molar-refractivity contribution is 6.46. The van der Waals surface area contributed by atoms with Crippen molar-refractivity contribution >= 4 is 34.4 Å². The van der Waals surface area contributed by atoms with Gasteiger partial charge in [-0.15, -0.1) is 0 Å². The van der Waals surface area contributed by atoms with Gasteiger partial charge in [0.05, 0.1) is 16.8 Å². The Morgan fingerprint density at radius 2 is 1.50 bits per heavy atom. The number of benzene rings is 3. The Kier molecular flexibility index (Phi) is 5.87. The monoisotopic (exact) mass is 469 g/mol. The Bertz CT molecular complexity index is 1280. The van der Waals surface area contributed by atoms with E-state index in [0.717, 1.165) is 34.9 Å². The van der Waals surface area contributed by atoms with E-state index in [-0.39, 0.29) is 22.5 Å². The zero-order valence-electron chi connectivity index (χ0n) is 18.2. The van der Waals surface area contributed by atoms with Gasteiger partial charge in [0.1, 0.15) is 11.5 Å². The summed E-state index contributed by atoms with van der Waals surface area (Å²) >= 11 is 0. The van der Waals surface area contributed by atoms with Crippen LogP contribution in [0.5, 0.6) is 0 Å². The fourth-order valence-electron chi connectivity index (χ4n) is 3.58. The van der Waals surface area contributed by atoms with E-state index in [1.165, 1.54) is 24.3 Å². The summed E-state index contributed by atoms with van der Waals surface area (Å²) in [5.74, 6) is -1.95. The molecule has 1 N–H and O–H groups in total. The van der Waals surface area contributed by atoms with Crippen LogP contribution in [0.4, 0.5) is 34.6 Å². The Balaban J connectivity index is 1.78. The van der Waals surface area contributed by atoms with E-state index in [1.54, 1.807) is 24.3 Å². The van der Waals surface area contributed by atoms with Crippen LogP contribution < -0.4 is 15.1 Å². The summed E-state index contributed by atoms with van der Waals surface area (Å²) in [5, 5.41) is 2.69. The Morgan fingerprint density at radius 1 is 0.853 bits per heavy atom. The molecule has 0 bridgehead atoms. The normalized spacial score (nSPS) is 14.1. The molecular weight excluding hydrogens is 450 g/mol. The average molecular weight is 469 g/mol. The van der Waals surface area contributed by atoms with E-state index in [4.69, 9.17) is 0 Å². The van der Waals surface area contributed by atoms with Crippen LogP contribution in [0.15, 0.2) is 78.5 Å². The Morgan fingerprint density at radius 3 is 2.09 bits per heavy atom. The van der Waals surface area contributed by atoms with E-state index in [2.05, 4.69) is 5.32 Å². The minimum Gasteiger partial charge on any atom is -0.378 e. The van der Waals surface area contributed by atoms with Crippen molar-refractivity contribution in [3.05, 3.63) is 95.4 Å². The van der Waals surface area contributed by atoms with Crippen molar-refractivity contribution in [1.82, 2.24) is 0 Å². The van der Waals surface area contributed by atoms with Crippen LogP contribution in [0.3, 0.4) is 0 Å². The molecule has 0 fully saturated rings. The lowest BCUT2D eigenvalue weighted by Crippen LogP contribution is -2.32. The number of nitrogens with zero attached hydrogens (tertiary/aromatic N) is 2. The lowest BCUT2D eigenvalue weighted by atomic mass is 10.0. The molecule has 3 aromatic rings. The second kappa shape index (κ2) is 8.66. The first-order chi connectivity index (χ1) is 16.1. The molecule has 4 rings (SSSR count). The van der Waals surface area contributed by atoms with Crippen LogP contribution in [-0.2, 0) is 15.8 Å². The van der Waals surface area contributed by atoms with Crippen LogP contribution in [-0.4, -0.2) is 25.9 Å². The number of hydrogen-bond donors (Lipinski definition) is 1. The lowest BCUT2D eigenvalue weighted by Gasteiger charge is -2.18. The molecule has 0 radical (unpaired) electrons. The van der Waals surface area contributed by atoms with Gasteiger partial charge in [-0.05, 0) is 60.2 Å². The van der Waals surface area contributed by atoms with Crippen molar-refractivity contribution in [2.24, 2.45) is 0 Å². The number of alkyl halides is 3. The second-order valence-corrected chi connectivity index (χ2v) is 7.82. The Labute approximate surface area is 192 Å². The summed E-state index contributed by atoms with van der Waals surface area (Å²) in [7, 11) is 3.68.